The van der Waals surface area contributed by atoms with Crippen molar-refractivity contribution in [3.8, 4) is 0 Å². The Balaban J connectivity index is 2.06. The van der Waals surface area contributed by atoms with Crippen molar-refractivity contribution in [2.75, 3.05) is 11.9 Å². The molecule has 0 bridgehead atoms. The van der Waals surface area contributed by atoms with Crippen LogP contribution in [0.4, 0.5) is 10.1 Å². The third kappa shape index (κ3) is 4.28. The maximum absolute atomic E-state index is 14.0. The number of nitrogens with zero attached hydrogens (tertiary/aromatic N) is 1. The topological polar surface area (TPSA) is 98.5 Å². The van der Waals surface area contributed by atoms with E-state index in [2.05, 4.69) is 10.5 Å². The monoisotopic (exact) mass is 348 g/mol. The second-order valence-corrected chi connectivity index (χ2v) is 5.29. The first-order valence-electron chi connectivity index (χ1n) is 7.56. The number of Topliss-reactive ketones (excluding diaryl/α,β-unsaturated/α-hetero) is 1. The van der Waals surface area contributed by atoms with Gasteiger partial charge in [-0.2, -0.15) is 0 Å². The molecular formula is C17H17FN2O5. The second kappa shape index (κ2) is 7.69. The molecule has 1 aromatic carbocycles. The zero-order valence-corrected chi connectivity index (χ0v) is 14.0. The number of anilines is 1. The van der Waals surface area contributed by atoms with E-state index < -0.39 is 24.2 Å². The van der Waals surface area contributed by atoms with E-state index in [1.807, 2.05) is 0 Å². The normalized spacial score (nSPS) is 10.4. The molecule has 0 saturated heterocycles. The summed E-state index contributed by atoms with van der Waals surface area (Å²) in [5.74, 6) is -2.34. The summed E-state index contributed by atoms with van der Waals surface area (Å²) >= 11 is 0. The summed E-state index contributed by atoms with van der Waals surface area (Å²) in [5, 5.41) is 6.14. The molecule has 0 spiro atoms. The van der Waals surface area contributed by atoms with E-state index in [0.29, 0.717) is 17.9 Å². The number of aromatic nitrogens is 1. The largest absolute Gasteiger partial charge is 0.454 e. The summed E-state index contributed by atoms with van der Waals surface area (Å²) in [7, 11) is 0. The Bertz CT molecular complexity index is 828. The molecule has 0 aliphatic rings. The van der Waals surface area contributed by atoms with Gasteiger partial charge < -0.3 is 14.6 Å². The van der Waals surface area contributed by atoms with Gasteiger partial charge in [0.15, 0.2) is 6.61 Å². The highest BCUT2D eigenvalue weighted by molar-refractivity contribution is 6.00. The number of ether oxygens (including phenoxy) is 1. The molecule has 7 nitrogen and oxygen atoms in total. The maximum atomic E-state index is 14.0. The molecule has 0 aliphatic heterocycles. The number of esters is 1. The number of halogens is 1. The fraction of sp³-hybridized carbons (Fsp3) is 0.294. The molecule has 1 aromatic heterocycles. The van der Waals surface area contributed by atoms with Gasteiger partial charge in [-0.1, -0.05) is 12.1 Å². The molecule has 1 amide bonds. The number of nitrogens with one attached hydrogen (secondary N) is 1. The predicted octanol–water partition coefficient (Wildman–Crippen LogP) is 2.68. The molecule has 0 aliphatic carbocycles. The van der Waals surface area contributed by atoms with Crippen LogP contribution >= 0.6 is 0 Å². The number of carbonyl (C=O) groups excluding carboxylic acids is 3. The summed E-state index contributed by atoms with van der Waals surface area (Å²) < 4.78 is 23.9. The SMILES string of the molecule is CCc1noc(C)c1C(=O)OCC(=O)c1ccc(NC(C)=O)cc1F. The maximum Gasteiger partial charge on any atom is 0.344 e. The van der Waals surface area contributed by atoms with Crippen LogP contribution < -0.4 is 5.32 Å². The standard InChI is InChI=1S/C17H17FN2O5/c1-4-14-16(9(2)25-20-14)17(23)24-8-15(22)12-6-5-11(7-13(12)18)19-10(3)21/h5-7H,4,8H2,1-3H3,(H,19,21). The highest BCUT2D eigenvalue weighted by Gasteiger charge is 2.22. The third-order valence-electron chi connectivity index (χ3n) is 3.40. The Morgan fingerprint density at radius 2 is 2.04 bits per heavy atom. The van der Waals surface area contributed by atoms with Crippen molar-refractivity contribution in [2.45, 2.75) is 27.2 Å². The lowest BCUT2D eigenvalue weighted by Crippen LogP contribution is -2.17. The van der Waals surface area contributed by atoms with Crippen LogP contribution in [0.3, 0.4) is 0 Å². The first-order valence-corrected chi connectivity index (χ1v) is 7.56. The van der Waals surface area contributed by atoms with Crippen LogP contribution in [-0.2, 0) is 16.0 Å². The minimum Gasteiger partial charge on any atom is -0.454 e. The van der Waals surface area contributed by atoms with Crippen molar-refractivity contribution in [2.24, 2.45) is 0 Å². The van der Waals surface area contributed by atoms with Gasteiger partial charge in [0.25, 0.3) is 0 Å². The van der Waals surface area contributed by atoms with Gasteiger partial charge in [-0.15, -0.1) is 0 Å². The smallest absolute Gasteiger partial charge is 0.344 e. The number of hydrogen-bond acceptors (Lipinski definition) is 6. The highest BCUT2D eigenvalue weighted by atomic mass is 19.1. The van der Waals surface area contributed by atoms with Crippen molar-refractivity contribution in [1.29, 1.82) is 0 Å². The molecule has 2 rings (SSSR count). The summed E-state index contributed by atoms with van der Waals surface area (Å²) in [6.07, 6.45) is 0.467. The third-order valence-corrected chi connectivity index (χ3v) is 3.40. The summed E-state index contributed by atoms with van der Waals surface area (Å²) in [4.78, 5) is 35.1. The molecule has 1 heterocycles. The van der Waals surface area contributed by atoms with E-state index >= 15 is 0 Å². The molecular weight excluding hydrogens is 331 g/mol. The average Bonchev–Trinajstić information content (AvgIpc) is 2.92. The van der Waals surface area contributed by atoms with Crippen LogP contribution in [0.1, 0.15) is 46.0 Å². The van der Waals surface area contributed by atoms with E-state index in [1.54, 1.807) is 13.8 Å². The Morgan fingerprint density at radius 3 is 2.64 bits per heavy atom. The van der Waals surface area contributed by atoms with E-state index in [0.717, 1.165) is 6.07 Å². The van der Waals surface area contributed by atoms with Crippen molar-refractivity contribution in [1.82, 2.24) is 5.16 Å². The predicted molar refractivity (Wildman–Crippen MR) is 85.9 cm³/mol. The van der Waals surface area contributed by atoms with E-state index in [9.17, 15) is 18.8 Å². The quantitative estimate of drug-likeness (QED) is 0.636. The van der Waals surface area contributed by atoms with E-state index in [-0.39, 0.29) is 22.7 Å². The van der Waals surface area contributed by atoms with E-state index in [1.165, 1.54) is 19.1 Å². The van der Waals surface area contributed by atoms with Crippen LogP contribution in [0, 0.1) is 12.7 Å². The Kier molecular flexibility index (Phi) is 5.63. The Hall–Kier alpha value is -3.03. The fourth-order valence-electron chi connectivity index (χ4n) is 2.22. The molecule has 0 atom stereocenters. The van der Waals surface area contributed by atoms with Crippen LogP contribution in [0.2, 0.25) is 0 Å². The molecule has 0 fully saturated rings. The van der Waals surface area contributed by atoms with Gasteiger partial charge in [0.1, 0.15) is 17.1 Å². The van der Waals surface area contributed by atoms with Crippen LogP contribution in [0.15, 0.2) is 22.7 Å². The molecule has 1 N–H and O–H groups in total. The number of hydrogen-bond donors (Lipinski definition) is 1. The zero-order chi connectivity index (χ0) is 18.6. The average molecular weight is 348 g/mol. The van der Waals surface area contributed by atoms with Crippen molar-refractivity contribution < 1.29 is 28.0 Å². The van der Waals surface area contributed by atoms with Crippen molar-refractivity contribution in [3.05, 3.63) is 46.6 Å². The van der Waals surface area contributed by atoms with E-state index in [4.69, 9.17) is 9.26 Å². The summed E-state index contributed by atoms with van der Waals surface area (Å²) in [6.45, 7) is 4.02. The second-order valence-electron chi connectivity index (χ2n) is 5.29. The number of carbonyl (C=O) groups is 3. The van der Waals surface area contributed by atoms with Gasteiger partial charge in [-0.05, 0) is 31.5 Å². The van der Waals surface area contributed by atoms with Gasteiger partial charge in [0.05, 0.1) is 11.3 Å². The molecule has 2 aromatic rings. The minimum absolute atomic E-state index is 0.178. The molecule has 0 saturated carbocycles. The van der Waals surface area contributed by atoms with Crippen LogP contribution in [-0.4, -0.2) is 29.4 Å². The number of amides is 1. The molecule has 8 heteroatoms. The molecule has 0 radical (unpaired) electrons. The van der Waals surface area contributed by atoms with Gasteiger partial charge in [-0.25, -0.2) is 9.18 Å². The molecule has 25 heavy (non-hydrogen) atoms. The fourth-order valence-corrected chi connectivity index (χ4v) is 2.22. The Labute approximate surface area is 143 Å². The van der Waals surface area contributed by atoms with Gasteiger partial charge in [0.2, 0.25) is 11.7 Å². The number of rotatable bonds is 6. The molecule has 132 valence electrons. The zero-order valence-electron chi connectivity index (χ0n) is 14.0. The van der Waals surface area contributed by atoms with Gasteiger partial charge in [-0.3, -0.25) is 9.59 Å². The first-order chi connectivity index (χ1) is 11.8. The Morgan fingerprint density at radius 1 is 1.32 bits per heavy atom. The summed E-state index contributed by atoms with van der Waals surface area (Å²) in [6, 6.07) is 3.63. The number of ketones is 1. The first kappa shape index (κ1) is 18.3. The summed E-state index contributed by atoms with van der Waals surface area (Å²) in [5.41, 5.74) is 0.600. The van der Waals surface area contributed by atoms with Crippen LogP contribution in [0.25, 0.3) is 0 Å². The van der Waals surface area contributed by atoms with Crippen molar-refractivity contribution >= 4 is 23.3 Å². The lowest BCUT2D eigenvalue weighted by Gasteiger charge is -2.07. The van der Waals surface area contributed by atoms with Crippen molar-refractivity contribution in [3.63, 3.8) is 0 Å². The van der Waals surface area contributed by atoms with Gasteiger partial charge >= 0.3 is 5.97 Å². The lowest BCUT2D eigenvalue weighted by atomic mass is 10.1. The minimum atomic E-state index is -0.817. The highest BCUT2D eigenvalue weighted by Crippen LogP contribution is 2.17. The molecule has 0 unspecified atom stereocenters. The lowest BCUT2D eigenvalue weighted by molar-refractivity contribution is -0.114. The van der Waals surface area contributed by atoms with Gasteiger partial charge in [0, 0.05) is 12.6 Å². The number of benzene rings is 1. The number of aryl methyl sites for hydroxylation is 2. The van der Waals surface area contributed by atoms with Crippen LogP contribution in [0.5, 0.6) is 0 Å².